The molecule has 0 fully saturated rings. The smallest absolute Gasteiger partial charge is 0.308 e. The van der Waals surface area contributed by atoms with Gasteiger partial charge in [-0.2, -0.15) is 0 Å². The molecule has 5 nitrogen and oxygen atoms in total. The molecular formula is C21H20O5S. The maximum Gasteiger partial charge on any atom is 0.308 e. The number of carbonyl (C=O) groups is 1. The minimum atomic E-state index is -3.24. The van der Waals surface area contributed by atoms with Gasteiger partial charge < -0.3 is 9.47 Å². The van der Waals surface area contributed by atoms with E-state index in [0.29, 0.717) is 11.5 Å². The van der Waals surface area contributed by atoms with E-state index in [1.165, 1.54) is 13.2 Å². The second kappa shape index (κ2) is 7.04. The first-order valence-corrected chi connectivity index (χ1v) is 10.2. The largest absolute Gasteiger partial charge is 0.497 e. The van der Waals surface area contributed by atoms with E-state index in [0.717, 1.165) is 27.8 Å². The summed E-state index contributed by atoms with van der Waals surface area (Å²) in [5, 5.41) is 0. The Morgan fingerprint density at radius 3 is 2.26 bits per heavy atom. The Morgan fingerprint density at radius 2 is 1.70 bits per heavy atom. The van der Waals surface area contributed by atoms with Gasteiger partial charge in [-0.25, -0.2) is 8.42 Å². The highest BCUT2D eigenvalue weighted by atomic mass is 32.2. The van der Waals surface area contributed by atoms with Crippen molar-refractivity contribution in [3.8, 4) is 5.75 Å². The molecule has 0 bridgehead atoms. The van der Waals surface area contributed by atoms with Crippen molar-refractivity contribution in [1.82, 2.24) is 0 Å². The van der Waals surface area contributed by atoms with E-state index in [1.807, 2.05) is 31.2 Å². The fraction of sp³-hybridized carbons (Fsp3) is 0.190. The molecule has 0 saturated heterocycles. The molecule has 0 spiro atoms. The van der Waals surface area contributed by atoms with E-state index >= 15 is 0 Å². The van der Waals surface area contributed by atoms with Crippen LogP contribution in [0, 0.1) is 0 Å². The quantitative estimate of drug-likeness (QED) is 0.747. The van der Waals surface area contributed by atoms with Crippen molar-refractivity contribution in [1.29, 1.82) is 0 Å². The van der Waals surface area contributed by atoms with Crippen LogP contribution in [0.25, 0.3) is 17.4 Å². The van der Waals surface area contributed by atoms with Gasteiger partial charge in [-0.15, -0.1) is 0 Å². The third-order valence-corrected chi connectivity index (χ3v) is 5.50. The Morgan fingerprint density at radius 1 is 1.04 bits per heavy atom. The molecule has 27 heavy (non-hydrogen) atoms. The molecule has 1 aliphatic rings. The summed E-state index contributed by atoms with van der Waals surface area (Å²) in [6.45, 7) is 3.26. The average Bonchev–Trinajstić information content (AvgIpc) is 2.86. The van der Waals surface area contributed by atoms with Crippen LogP contribution in [0.2, 0.25) is 0 Å². The van der Waals surface area contributed by atoms with Crippen molar-refractivity contribution < 1.29 is 22.7 Å². The molecule has 2 aromatic carbocycles. The number of ether oxygens (including phenoxy) is 2. The first kappa shape index (κ1) is 18.9. The zero-order chi connectivity index (χ0) is 19.8. The molecule has 0 saturated carbocycles. The number of hydrogen-bond acceptors (Lipinski definition) is 5. The minimum absolute atomic E-state index is 0.272. The van der Waals surface area contributed by atoms with E-state index in [-0.39, 0.29) is 4.90 Å². The number of esters is 1. The first-order valence-electron chi connectivity index (χ1n) is 8.31. The van der Waals surface area contributed by atoms with Gasteiger partial charge in [0.25, 0.3) is 0 Å². The van der Waals surface area contributed by atoms with Gasteiger partial charge in [0, 0.05) is 24.3 Å². The highest BCUT2D eigenvalue weighted by molar-refractivity contribution is 7.90. The normalized spacial score (nSPS) is 15.0. The van der Waals surface area contributed by atoms with Gasteiger partial charge in [0.2, 0.25) is 0 Å². The number of fused-ring (bicyclic) bond motifs is 1. The summed E-state index contributed by atoms with van der Waals surface area (Å²) in [6.07, 6.45) is 3.13. The Kier molecular flexibility index (Phi) is 4.93. The van der Waals surface area contributed by atoms with Crippen LogP contribution in [0.4, 0.5) is 0 Å². The van der Waals surface area contributed by atoms with Gasteiger partial charge in [-0.1, -0.05) is 12.1 Å². The van der Waals surface area contributed by atoms with Crippen LogP contribution in [0.1, 0.15) is 30.5 Å². The van der Waals surface area contributed by atoms with Crippen LogP contribution in [-0.2, 0) is 19.4 Å². The van der Waals surface area contributed by atoms with Crippen LogP contribution < -0.4 is 4.74 Å². The summed E-state index contributed by atoms with van der Waals surface area (Å²) in [7, 11) is -1.66. The summed E-state index contributed by atoms with van der Waals surface area (Å²) >= 11 is 0. The number of methoxy groups -OCH3 is 1. The standard InChI is InChI=1S/C21H20O5S/c1-13-19(11-15-5-8-17(9-6-15)27(4,23)24)18-10-7-16(25-3)12-20(18)21(13)26-14(2)22/h5-12H,1-4H3. The molecule has 0 heterocycles. The van der Waals surface area contributed by atoms with Gasteiger partial charge >= 0.3 is 5.97 Å². The predicted molar refractivity (Wildman–Crippen MR) is 105 cm³/mol. The number of sulfone groups is 1. The summed E-state index contributed by atoms with van der Waals surface area (Å²) in [4.78, 5) is 11.8. The SMILES string of the molecule is COc1ccc2c(c1)C(OC(C)=O)=C(C)C2=Cc1ccc(S(C)(=O)=O)cc1. The van der Waals surface area contributed by atoms with E-state index in [2.05, 4.69) is 0 Å². The number of carbonyl (C=O) groups excluding carboxylic acids is 1. The molecule has 0 radical (unpaired) electrons. The highest BCUT2D eigenvalue weighted by Gasteiger charge is 2.27. The van der Waals surface area contributed by atoms with Crippen molar-refractivity contribution in [2.75, 3.05) is 13.4 Å². The summed E-state index contributed by atoms with van der Waals surface area (Å²) in [5.41, 5.74) is 4.32. The molecule has 0 atom stereocenters. The first-order chi connectivity index (χ1) is 12.7. The summed E-state index contributed by atoms with van der Waals surface area (Å²) < 4.78 is 34.0. The summed E-state index contributed by atoms with van der Waals surface area (Å²) in [5.74, 6) is 0.789. The Balaban J connectivity index is 2.11. The lowest BCUT2D eigenvalue weighted by atomic mass is 10.0. The lowest BCUT2D eigenvalue weighted by Crippen LogP contribution is -1.98. The lowest BCUT2D eigenvalue weighted by Gasteiger charge is -2.07. The minimum Gasteiger partial charge on any atom is -0.497 e. The van der Waals surface area contributed by atoms with E-state index in [1.54, 1.807) is 31.4 Å². The Hall–Kier alpha value is -2.86. The number of hydrogen-bond donors (Lipinski definition) is 0. The second-order valence-corrected chi connectivity index (χ2v) is 8.37. The second-order valence-electron chi connectivity index (χ2n) is 6.36. The van der Waals surface area contributed by atoms with Gasteiger partial charge in [0.1, 0.15) is 11.5 Å². The molecule has 0 amide bonds. The van der Waals surface area contributed by atoms with E-state index < -0.39 is 15.8 Å². The number of allylic oxidation sites excluding steroid dienone is 2. The van der Waals surface area contributed by atoms with Crippen molar-refractivity contribution in [2.24, 2.45) is 0 Å². The molecule has 2 aromatic rings. The monoisotopic (exact) mass is 384 g/mol. The molecule has 0 aromatic heterocycles. The van der Waals surface area contributed by atoms with E-state index in [4.69, 9.17) is 9.47 Å². The molecule has 3 rings (SSSR count). The van der Waals surface area contributed by atoms with Crippen molar-refractivity contribution in [3.63, 3.8) is 0 Å². The number of benzene rings is 2. The number of rotatable bonds is 4. The fourth-order valence-electron chi connectivity index (χ4n) is 3.04. The van der Waals surface area contributed by atoms with E-state index in [9.17, 15) is 13.2 Å². The molecule has 1 aliphatic carbocycles. The van der Waals surface area contributed by atoms with Crippen LogP contribution in [0.3, 0.4) is 0 Å². The Bertz CT molecular complexity index is 1070. The zero-order valence-corrected chi connectivity index (χ0v) is 16.4. The topological polar surface area (TPSA) is 69.7 Å². The van der Waals surface area contributed by atoms with Gasteiger partial charge in [-0.3, -0.25) is 4.79 Å². The van der Waals surface area contributed by atoms with Crippen LogP contribution in [-0.4, -0.2) is 27.8 Å². The third-order valence-electron chi connectivity index (χ3n) is 4.37. The van der Waals surface area contributed by atoms with Crippen molar-refractivity contribution in [3.05, 3.63) is 64.7 Å². The predicted octanol–water partition coefficient (Wildman–Crippen LogP) is 3.95. The van der Waals surface area contributed by atoms with Gasteiger partial charge in [-0.05, 0) is 60.0 Å². The fourth-order valence-corrected chi connectivity index (χ4v) is 3.67. The van der Waals surface area contributed by atoms with Crippen molar-refractivity contribution >= 4 is 33.2 Å². The zero-order valence-electron chi connectivity index (χ0n) is 15.6. The molecule has 140 valence electrons. The maximum atomic E-state index is 11.6. The molecular weight excluding hydrogens is 364 g/mol. The lowest BCUT2D eigenvalue weighted by molar-refractivity contribution is -0.134. The molecule has 6 heteroatoms. The average molecular weight is 384 g/mol. The van der Waals surface area contributed by atoms with Crippen LogP contribution in [0.15, 0.2) is 52.9 Å². The maximum absolute atomic E-state index is 11.6. The molecule has 0 unspecified atom stereocenters. The van der Waals surface area contributed by atoms with Gasteiger partial charge in [0.15, 0.2) is 9.84 Å². The van der Waals surface area contributed by atoms with Gasteiger partial charge in [0.05, 0.1) is 12.0 Å². The molecule has 0 N–H and O–H groups in total. The van der Waals surface area contributed by atoms with Crippen LogP contribution >= 0.6 is 0 Å². The summed E-state index contributed by atoms with van der Waals surface area (Å²) in [6, 6.07) is 12.3. The van der Waals surface area contributed by atoms with Crippen molar-refractivity contribution in [2.45, 2.75) is 18.7 Å². The molecule has 0 aliphatic heterocycles. The van der Waals surface area contributed by atoms with Crippen LogP contribution in [0.5, 0.6) is 5.75 Å². The Labute approximate surface area is 158 Å². The third kappa shape index (κ3) is 3.80. The highest BCUT2D eigenvalue weighted by Crippen LogP contribution is 2.44.